The average Bonchev–Trinajstić information content (AvgIpc) is 3.16. The van der Waals surface area contributed by atoms with Crippen LogP contribution in [0.2, 0.25) is 0 Å². The van der Waals surface area contributed by atoms with Gasteiger partial charge in [-0.25, -0.2) is 0 Å². The molecule has 4 heteroatoms. The van der Waals surface area contributed by atoms with Gasteiger partial charge >= 0.3 is 0 Å². The number of likely N-dealkylation sites (tertiary alicyclic amines) is 2. The van der Waals surface area contributed by atoms with Crippen LogP contribution < -0.4 is 0 Å². The van der Waals surface area contributed by atoms with Crippen LogP contribution in [0.1, 0.15) is 45.1 Å². The third-order valence-electron chi connectivity index (χ3n) is 5.97. The number of benzene rings is 1. The number of hydrogen-bond donors (Lipinski definition) is 0. The topological polar surface area (TPSA) is 40.6 Å². The molecule has 3 rings (SSSR count). The molecule has 24 heavy (non-hydrogen) atoms. The fourth-order valence-corrected chi connectivity index (χ4v) is 4.25. The van der Waals surface area contributed by atoms with E-state index in [9.17, 15) is 9.59 Å². The highest BCUT2D eigenvalue weighted by molar-refractivity contribution is 5.88. The largest absolute Gasteiger partial charge is 0.341 e. The van der Waals surface area contributed by atoms with E-state index in [4.69, 9.17) is 0 Å². The fourth-order valence-electron chi connectivity index (χ4n) is 4.25. The van der Waals surface area contributed by atoms with Gasteiger partial charge in [-0.1, -0.05) is 30.3 Å². The first-order chi connectivity index (χ1) is 11.5. The monoisotopic (exact) mass is 328 g/mol. The van der Waals surface area contributed by atoms with E-state index in [1.54, 1.807) is 6.92 Å². The van der Waals surface area contributed by atoms with Gasteiger partial charge in [0.1, 0.15) is 5.78 Å². The Hall–Kier alpha value is -1.68. The van der Waals surface area contributed by atoms with Crippen molar-refractivity contribution in [2.24, 2.45) is 0 Å². The summed E-state index contributed by atoms with van der Waals surface area (Å²) >= 11 is 0. The lowest BCUT2D eigenvalue weighted by Crippen LogP contribution is -2.53. The Balaban J connectivity index is 1.69. The summed E-state index contributed by atoms with van der Waals surface area (Å²) in [5.41, 5.74) is 0.740. The molecule has 4 nitrogen and oxygen atoms in total. The van der Waals surface area contributed by atoms with Crippen molar-refractivity contribution in [1.29, 1.82) is 0 Å². The maximum absolute atomic E-state index is 12.6. The lowest BCUT2D eigenvalue weighted by molar-refractivity contribution is -0.136. The zero-order valence-electron chi connectivity index (χ0n) is 14.8. The molecule has 1 aromatic carbocycles. The number of amides is 1. The predicted molar refractivity (Wildman–Crippen MR) is 94.9 cm³/mol. The molecule has 0 radical (unpaired) electrons. The van der Waals surface area contributed by atoms with Crippen molar-refractivity contribution in [3.8, 4) is 0 Å². The Morgan fingerprint density at radius 1 is 1.00 bits per heavy atom. The summed E-state index contributed by atoms with van der Waals surface area (Å²) in [5, 5.41) is 0. The molecule has 0 saturated carbocycles. The summed E-state index contributed by atoms with van der Waals surface area (Å²) in [6.45, 7) is 7.13. The Kier molecular flexibility index (Phi) is 5.04. The summed E-state index contributed by atoms with van der Waals surface area (Å²) in [6, 6.07) is 10.1. The van der Waals surface area contributed by atoms with Gasteiger partial charge < -0.3 is 4.90 Å². The highest BCUT2D eigenvalue weighted by Crippen LogP contribution is 2.37. The first-order valence-electron chi connectivity index (χ1n) is 9.14. The zero-order valence-corrected chi connectivity index (χ0v) is 14.8. The number of hydrogen-bond acceptors (Lipinski definition) is 3. The van der Waals surface area contributed by atoms with Gasteiger partial charge in [-0.2, -0.15) is 0 Å². The SMILES string of the molecule is CC(=O)C1(c2ccccc2)CCN(C(C)C(=O)N2CCCC2)CC1. The quantitative estimate of drug-likeness (QED) is 0.853. The number of carbonyl (C=O) groups is 2. The van der Waals surface area contributed by atoms with Crippen LogP contribution in [0.4, 0.5) is 0 Å². The molecule has 2 aliphatic heterocycles. The Morgan fingerprint density at radius 3 is 2.12 bits per heavy atom. The molecule has 2 aliphatic rings. The standard InChI is InChI=1S/C20H28N2O2/c1-16(19(24)22-12-6-7-13-22)21-14-10-20(11-15-21,17(2)23)18-8-4-3-5-9-18/h3-5,8-9,16H,6-7,10-15H2,1-2H3. The summed E-state index contributed by atoms with van der Waals surface area (Å²) in [6.07, 6.45) is 3.84. The predicted octanol–water partition coefficient (Wildman–Crippen LogP) is 2.62. The molecule has 2 heterocycles. The number of carbonyl (C=O) groups excluding carboxylic acids is 2. The molecule has 130 valence electrons. The van der Waals surface area contributed by atoms with E-state index in [0.717, 1.165) is 57.4 Å². The lowest BCUT2D eigenvalue weighted by Gasteiger charge is -2.43. The fraction of sp³-hybridized carbons (Fsp3) is 0.600. The van der Waals surface area contributed by atoms with E-state index < -0.39 is 0 Å². The maximum Gasteiger partial charge on any atom is 0.239 e. The minimum atomic E-state index is -0.381. The molecular weight excluding hydrogens is 300 g/mol. The van der Waals surface area contributed by atoms with Gasteiger partial charge in [0.2, 0.25) is 5.91 Å². The van der Waals surface area contributed by atoms with Gasteiger partial charge in [-0.3, -0.25) is 14.5 Å². The van der Waals surface area contributed by atoms with E-state index in [-0.39, 0.29) is 23.1 Å². The molecule has 2 saturated heterocycles. The summed E-state index contributed by atoms with van der Waals surface area (Å²) in [5.74, 6) is 0.495. The molecule has 1 amide bonds. The number of ketones is 1. The average molecular weight is 328 g/mol. The van der Waals surface area contributed by atoms with Crippen molar-refractivity contribution < 1.29 is 9.59 Å². The van der Waals surface area contributed by atoms with Crippen molar-refractivity contribution in [2.45, 2.75) is 51.0 Å². The van der Waals surface area contributed by atoms with Crippen molar-refractivity contribution in [2.75, 3.05) is 26.2 Å². The molecule has 0 bridgehead atoms. The second kappa shape index (κ2) is 7.06. The number of Topliss-reactive ketones (excluding diaryl/α,β-unsaturated/α-hetero) is 1. The molecule has 0 aliphatic carbocycles. The summed E-state index contributed by atoms with van der Waals surface area (Å²) in [4.78, 5) is 29.3. The molecule has 1 unspecified atom stereocenters. The van der Waals surface area contributed by atoms with E-state index in [1.165, 1.54) is 0 Å². The minimum Gasteiger partial charge on any atom is -0.341 e. The Labute approximate surface area is 144 Å². The molecule has 1 atom stereocenters. The molecule has 1 aromatic rings. The smallest absolute Gasteiger partial charge is 0.239 e. The third-order valence-corrected chi connectivity index (χ3v) is 5.97. The first-order valence-corrected chi connectivity index (χ1v) is 9.14. The first kappa shape index (κ1) is 17.2. The summed E-state index contributed by atoms with van der Waals surface area (Å²) in [7, 11) is 0. The van der Waals surface area contributed by atoms with E-state index in [0.29, 0.717) is 0 Å². The van der Waals surface area contributed by atoms with E-state index in [1.807, 2.05) is 30.0 Å². The van der Waals surface area contributed by atoms with E-state index in [2.05, 4.69) is 17.0 Å². The molecule has 2 fully saturated rings. The van der Waals surface area contributed by atoms with Crippen LogP contribution in [-0.4, -0.2) is 53.7 Å². The van der Waals surface area contributed by atoms with Crippen LogP contribution >= 0.6 is 0 Å². The van der Waals surface area contributed by atoms with Crippen LogP contribution in [-0.2, 0) is 15.0 Å². The maximum atomic E-state index is 12.6. The Bertz CT molecular complexity index is 585. The lowest BCUT2D eigenvalue weighted by atomic mass is 9.70. The van der Waals surface area contributed by atoms with Gasteiger partial charge in [0.15, 0.2) is 0 Å². The number of rotatable bonds is 4. The second-order valence-electron chi connectivity index (χ2n) is 7.25. The van der Waals surface area contributed by atoms with Gasteiger partial charge in [0.25, 0.3) is 0 Å². The van der Waals surface area contributed by atoms with Crippen molar-refractivity contribution in [3.63, 3.8) is 0 Å². The molecule has 0 aromatic heterocycles. The molecule has 0 spiro atoms. The minimum absolute atomic E-state index is 0.0798. The van der Waals surface area contributed by atoms with Gasteiger partial charge in [0.05, 0.1) is 11.5 Å². The molecular formula is C20H28N2O2. The highest BCUT2D eigenvalue weighted by atomic mass is 16.2. The van der Waals surface area contributed by atoms with Gasteiger partial charge in [-0.05, 0) is 45.1 Å². The van der Waals surface area contributed by atoms with Crippen LogP contribution in [0.15, 0.2) is 30.3 Å². The van der Waals surface area contributed by atoms with Crippen molar-refractivity contribution in [1.82, 2.24) is 9.80 Å². The van der Waals surface area contributed by atoms with Crippen LogP contribution in [0.5, 0.6) is 0 Å². The summed E-state index contributed by atoms with van der Waals surface area (Å²) < 4.78 is 0. The second-order valence-corrected chi connectivity index (χ2v) is 7.25. The number of piperidine rings is 1. The molecule has 0 N–H and O–H groups in total. The normalized spacial score (nSPS) is 22.3. The van der Waals surface area contributed by atoms with Crippen LogP contribution in [0, 0.1) is 0 Å². The van der Waals surface area contributed by atoms with E-state index >= 15 is 0 Å². The number of nitrogens with zero attached hydrogens (tertiary/aromatic N) is 2. The van der Waals surface area contributed by atoms with Gasteiger partial charge in [-0.15, -0.1) is 0 Å². The Morgan fingerprint density at radius 2 is 1.58 bits per heavy atom. The third kappa shape index (κ3) is 3.12. The zero-order chi connectivity index (χ0) is 17.2. The van der Waals surface area contributed by atoms with Gasteiger partial charge in [0, 0.05) is 26.2 Å². The van der Waals surface area contributed by atoms with Crippen LogP contribution in [0.3, 0.4) is 0 Å². The van der Waals surface area contributed by atoms with Crippen molar-refractivity contribution >= 4 is 11.7 Å². The highest BCUT2D eigenvalue weighted by Gasteiger charge is 2.42. The van der Waals surface area contributed by atoms with Crippen molar-refractivity contribution in [3.05, 3.63) is 35.9 Å². The van der Waals surface area contributed by atoms with Crippen LogP contribution in [0.25, 0.3) is 0 Å².